The molecule has 0 radical (unpaired) electrons. The zero-order valence-corrected chi connectivity index (χ0v) is 13.7. The highest BCUT2D eigenvalue weighted by Crippen LogP contribution is 2.42. The van der Waals surface area contributed by atoms with E-state index in [-0.39, 0.29) is 17.9 Å². The SMILES string of the molecule is CCOC(=O)C(=O)c1c(C)c(Br)c(C)c(OC)c1OC. The molecule has 5 nitrogen and oxygen atoms in total. The van der Waals surface area contributed by atoms with Crippen molar-refractivity contribution in [2.75, 3.05) is 20.8 Å². The van der Waals surface area contributed by atoms with Crippen molar-refractivity contribution in [2.24, 2.45) is 0 Å². The molecule has 0 saturated heterocycles. The molecule has 0 aliphatic carbocycles. The van der Waals surface area contributed by atoms with Gasteiger partial charge < -0.3 is 14.2 Å². The lowest BCUT2D eigenvalue weighted by Gasteiger charge is -2.18. The molecule has 0 fully saturated rings. The molecular weight excluding hydrogens is 328 g/mol. The van der Waals surface area contributed by atoms with E-state index >= 15 is 0 Å². The van der Waals surface area contributed by atoms with Crippen LogP contribution in [0.4, 0.5) is 0 Å². The molecule has 0 atom stereocenters. The van der Waals surface area contributed by atoms with E-state index in [2.05, 4.69) is 15.9 Å². The molecule has 1 aromatic rings. The highest BCUT2D eigenvalue weighted by Gasteiger charge is 2.29. The minimum Gasteiger partial charge on any atom is -0.493 e. The molecule has 0 bridgehead atoms. The zero-order chi connectivity index (χ0) is 15.4. The first kappa shape index (κ1) is 16.5. The number of esters is 1. The van der Waals surface area contributed by atoms with Gasteiger partial charge in [0, 0.05) is 10.0 Å². The van der Waals surface area contributed by atoms with Crippen molar-refractivity contribution in [3.8, 4) is 11.5 Å². The summed E-state index contributed by atoms with van der Waals surface area (Å²) >= 11 is 3.40. The molecule has 110 valence electrons. The van der Waals surface area contributed by atoms with Crippen molar-refractivity contribution in [1.29, 1.82) is 0 Å². The fourth-order valence-corrected chi connectivity index (χ4v) is 2.34. The van der Waals surface area contributed by atoms with Gasteiger partial charge in [-0.2, -0.15) is 0 Å². The van der Waals surface area contributed by atoms with Crippen molar-refractivity contribution in [1.82, 2.24) is 0 Å². The van der Waals surface area contributed by atoms with Crippen molar-refractivity contribution in [3.05, 3.63) is 21.2 Å². The molecule has 6 heteroatoms. The molecule has 1 rings (SSSR count). The van der Waals surface area contributed by atoms with Gasteiger partial charge in [0.2, 0.25) is 0 Å². The summed E-state index contributed by atoms with van der Waals surface area (Å²) in [6.07, 6.45) is 0. The summed E-state index contributed by atoms with van der Waals surface area (Å²) in [5, 5.41) is 0. The van der Waals surface area contributed by atoms with Gasteiger partial charge in [-0.25, -0.2) is 4.79 Å². The third-order valence-electron chi connectivity index (χ3n) is 2.90. The van der Waals surface area contributed by atoms with Crippen LogP contribution < -0.4 is 9.47 Å². The number of carbonyl (C=O) groups excluding carboxylic acids is 2. The van der Waals surface area contributed by atoms with Crippen molar-refractivity contribution < 1.29 is 23.8 Å². The van der Waals surface area contributed by atoms with Gasteiger partial charge in [0.05, 0.1) is 26.4 Å². The molecule has 0 saturated carbocycles. The van der Waals surface area contributed by atoms with E-state index in [1.165, 1.54) is 14.2 Å². The van der Waals surface area contributed by atoms with Crippen LogP contribution in [0.5, 0.6) is 11.5 Å². The highest BCUT2D eigenvalue weighted by molar-refractivity contribution is 9.10. The van der Waals surface area contributed by atoms with Crippen LogP contribution in [0.3, 0.4) is 0 Å². The second-order valence-corrected chi connectivity index (χ2v) is 4.85. The van der Waals surface area contributed by atoms with Crippen LogP contribution in [0.25, 0.3) is 0 Å². The highest BCUT2D eigenvalue weighted by atomic mass is 79.9. The minimum atomic E-state index is -0.910. The molecule has 0 amide bonds. The summed E-state index contributed by atoms with van der Waals surface area (Å²) in [4.78, 5) is 23.9. The van der Waals surface area contributed by atoms with Crippen molar-refractivity contribution in [3.63, 3.8) is 0 Å². The zero-order valence-electron chi connectivity index (χ0n) is 12.1. The fourth-order valence-electron chi connectivity index (χ4n) is 1.96. The predicted molar refractivity (Wildman–Crippen MR) is 77.7 cm³/mol. The molecule has 0 N–H and O–H groups in total. The van der Waals surface area contributed by atoms with E-state index in [0.717, 1.165) is 5.56 Å². The second kappa shape index (κ2) is 6.74. The van der Waals surface area contributed by atoms with Crippen LogP contribution in [0.1, 0.15) is 28.4 Å². The van der Waals surface area contributed by atoms with E-state index < -0.39 is 11.8 Å². The van der Waals surface area contributed by atoms with E-state index in [0.29, 0.717) is 15.8 Å². The van der Waals surface area contributed by atoms with Gasteiger partial charge in [0.1, 0.15) is 0 Å². The Hall–Kier alpha value is -1.56. The Morgan fingerprint density at radius 1 is 1.05 bits per heavy atom. The number of ether oxygens (including phenoxy) is 3. The fraction of sp³-hybridized carbons (Fsp3) is 0.429. The summed E-state index contributed by atoms with van der Waals surface area (Å²) < 4.78 is 16.0. The van der Waals surface area contributed by atoms with Gasteiger partial charge in [-0.3, -0.25) is 4.79 Å². The smallest absolute Gasteiger partial charge is 0.379 e. The largest absolute Gasteiger partial charge is 0.493 e. The van der Waals surface area contributed by atoms with Crippen LogP contribution in [0.2, 0.25) is 0 Å². The minimum absolute atomic E-state index is 0.135. The first-order valence-corrected chi connectivity index (χ1v) is 6.81. The monoisotopic (exact) mass is 344 g/mol. The van der Waals surface area contributed by atoms with Gasteiger partial charge >= 0.3 is 5.97 Å². The normalized spacial score (nSPS) is 10.1. The van der Waals surface area contributed by atoms with Crippen molar-refractivity contribution in [2.45, 2.75) is 20.8 Å². The lowest BCUT2D eigenvalue weighted by molar-refractivity contribution is -0.137. The molecular formula is C14H17BrO5. The Labute approximate surface area is 126 Å². The molecule has 0 unspecified atom stereocenters. The summed E-state index contributed by atoms with van der Waals surface area (Å²) in [5.74, 6) is -1.01. The second-order valence-electron chi connectivity index (χ2n) is 4.06. The van der Waals surface area contributed by atoms with E-state index in [4.69, 9.17) is 14.2 Å². The maximum atomic E-state index is 12.2. The van der Waals surface area contributed by atoms with Crippen LogP contribution in [-0.2, 0) is 9.53 Å². The number of rotatable bonds is 5. The Morgan fingerprint density at radius 2 is 1.60 bits per heavy atom. The molecule has 1 aromatic carbocycles. The van der Waals surface area contributed by atoms with Gasteiger partial charge in [0.15, 0.2) is 11.5 Å². The predicted octanol–water partition coefficient (Wildman–Crippen LogP) is 2.83. The number of hydrogen-bond donors (Lipinski definition) is 0. The summed E-state index contributed by atoms with van der Waals surface area (Å²) in [5.41, 5.74) is 1.56. The van der Waals surface area contributed by atoms with Gasteiger partial charge in [-0.1, -0.05) is 15.9 Å². The van der Waals surface area contributed by atoms with Gasteiger partial charge in [-0.15, -0.1) is 0 Å². The van der Waals surface area contributed by atoms with E-state index in [1.807, 2.05) is 6.92 Å². The number of ketones is 1. The van der Waals surface area contributed by atoms with E-state index in [1.54, 1.807) is 13.8 Å². The molecule has 0 heterocycles. The molecule has 20 heavy (non-hydrogen) atoms. The number of methoxy groups -OCH3 is 2. The number of hydrogen-bond acceptors (Lipinski definition) is 5. The standard InChI is InChI=1S/C14H17BrO5/c1-6-20-14(17)11(16)9-7(2)10(15)8(3)12(18-4)13(9)19-5/h6H2,1-5H3. The number of halogens is 1. The first-order chi connectivity index (χ1) is 9.40. The van der Waals surface area contributed by atoms with Crippen LogP contribution in [0, 0.1) is 13.8 Å². The lowest BCUT2D eigenvalue weighted by atomic mass is 9.99. The molecule has 0 aliphatic heterocycles. The maximum Gasteiger partial charge on any atom is 0.379 e. The Morgan fingerprint density at radius 3 is 2.05 bits per heavy atom. The van der Waals surface area contributed by atoms with Gasteiger partial charge in [0.25, 0.3) is 5.78 Å². The topological polar surface area (TPSA) is 61.8 Å². The quantitative estimate of drug-likeness (QED) is 0.467. The average molecular weight is 345 g/mol. The first-order valence-electron chi connectivity index (χ1n) is 6.02. The molecule has 0 aromatic heterocycles. The Balaban J connectivity index is 3.56. The summed E-state index contributed by atoms with van der Waals surface area (Å²) in [6, 6.07) is 0. The summed E-state index contributed by atoms with van der Waals surface area (Å²) in [7, 11) is 2.90. The third kappa shape index (κ3) is 2.80. The van der Waals surface area contributed by atoms with E-state index in [9.17, 15) is 9.59 Å². The average Bonchev–Trinajstić information content (AvgIpc) is 2.44. The third-order valence-corrected chi connectivity index (χ3v) is 4.09. The van der Waals surface area contributed by atoms with Crippen LogP contribution in [-0.4, -0.2) is 32.6 Å². The lowest BCUT2D eigenvalue weighted by Crippen LogP contribution is -2.20. The number of carbonyl (C=O) groups is 2. The molecule has 0 spiro atoms. The summed E-state index contributed by atoms with van der Waals surface area (Å²) in [6.45, 7) is 5.33. The van der Waals surface area contributed by atoms with Crippen LogP contribution in [0.15, 0.2) is 4.47 Å². The number of Topliss-reactive ketones (excluding diaryl/α,β-unsaturated/α-hetero) is 1. The Kier molecular flexibility index (Phi) is 5.56. The van der Waals surface area contributed by atoms with Gasteiger partial charge in [-0.05, 0) is 26.3 Å². The van der Waals surface area contributed by atoms with Crippen molar-refractivity contribution >= 4 is 27.7 Å². The number of benzene rings is 1. The molecule has 0 aliphatic rings. The Bertz CT molecular complexity index is 551. The maximum absolute atomic E-state index is 12.2. The van der Waals surface area contributed by atoms with Crippen LogP contribution >= 0.6 is 15.9 Å².